The minimum absolute atomic E-state index is 0.326. The van der Waals surface area contributed by atoms with E-state index in [0.29, 0.717) is 12.5 Å². The Morgan fingerprint density at radius 3 is 2.94 bits per heavy atom. The van der Waals surface area contributed by atoms with Gasteiger partial charge in [0.25, 0.3) is 0 Å². The van der Waals surface area contributed by atoms with Gasteiger partial charge in [0, 0.05) is 11.2 Å². The van der Waals surface area contributed by atoms with Gasteiger partial charge in [0.05, 0.1) is 0 Å². The van der Waals surface area contributed by atoms with Crippen LogP contribution >= 0.6 is 11.3 Å². The van der Waals surface area contributed by atoms with Crippen molar-refractivity contribution in [1.82, 2.24) is 5.32 Å². The lowest BCUT2D eigenvalue weighted by Gasteiger charge is -2.12. The van der Waals surface area contributed by atoms with Gasteiger partial charge >= 0.3 is 5.97 Å². The highest BCUT2D eigenvalue weighted by molar-refractivity contribution is 7.17. The van der Waals surface area contributed by atoms with Crippen molar-refractivity contribution < 1.29 is 9.90 Å². The Morgan fingerprint density at radius 2 is 2.22 bits per heavy atom. The van der Waals surface area contributed by atoms with Gasteiger partial charge in [-0.3, -0.25) is 4.79 Å². The van der Waals surface area contributed by atoms with Crippen LogP contribution in [-0.4, -0.2) is 17.1 Å². The average Bonchev–Trinajstić information content (AvgIpc) is 3.11. The number of nitrogens with one attached hydrogen (secondary N) is 1. The zero-order chi connectivity index (χ0) is 12.5. The predicted octanol–water partition coefficient (Wildman–Crippen LogP) is 2.85. The van der Waals surface area contributed by atoms with Crippen molar-refractivity contribution in [2.75, 3.05) is 0 Å². The summed E-state index contributed by atoms with van der Waals surface area (Å²) in [5.41, 5.74) is 1.20. The molecule has 94 valence electrons. The van der Waals surface area contributed by atoms with Crippen LogP contribution in [0.3, 0.4) is 0 Å². The van der Waals surface area contributed by atoms with Gasteiger partial charge in [-0.15, -0.1) is 11.3 Å². The molecule has 0 amide bonds. The number of carboxylic acid groups (broad SMARTS) is 1. The molecule has 2 N–H and O–H groups in total. The third-order valence-corrected chi connectivity index (χ3v) is 4.45. The topological polar surface area (TPSA) is 49.3 Å². The summed E-state index contributed by atoms with van der Waals surface area (Å²) in [5.74, 6) is -0.399. The number of thiophene rings is 1. The van der Waals surface area contributed by atoms with Crippen molar-refractivity contribution in [2.45, 2.75) is 25.4 Å². The number of hydrogen-bond donors (Lipinski definition) is 2. The Bertz CT molecular complexity index is 574. The third-order valence-electron chi connectivity index (χ3n) is 3.43. The minimum Gasteiger partial charge on any atom is -0.480 e. The molecule has 0 bridgehead atoms. The van der Waals surface area contributed by atoms with Crippen molar-refractivity contribution in [3.05, 3.63) is 35.2 Å². The fourth-order valence-corrected chi connectivity index (χ4v) is 3.24. The van der Waals surface area contributed by atoms with Crippen molar-refractivity contribution in [3.63, 3.8) is 0 Å². The van der Waals surface area contributed by atoms with Crippen LogP contribution in [0.25, 0.3) is 10.1 Å². The number of carbonyl (C=O) groups is 1. The van der Waals surface area contributed by atoms with Crippen LogP contribution in [0.15, 0.2) is 29.6 Å². The van der Waals surface area contributed by atoms with Crippen molar-refractivity contribution in [3.8, 4) is 0 Å². The summed E-state index contributed by atoms with van der Waals surface area (Å²) in [7, 11) is 0. The molecule has 2 aromatic rings. The molecule has 1 aliphatic carbocycles. The van der Waals surface area contributed by atoms with Crippen LogP contribution in [-0.2, 0) is 11.3 Å². The van der Waals surface area contributed by atoms with Gasteiger partial charge in [-0.2, -0.15) is 0 Å². The van der Waals surface area contributed by atoms with E-state index in [9.17, 15) is 4.79 Å². The van der Waals surface area contributed by atoms with Gasteiger partial charge in [-0.05, 0) is 41.2 Å². The first-order chi connectivity index (χ1) is 8.75. The summed E-state index contributed by atoms with van der Waals surface area (Å²) in [5, 5.41) is 15.7. The molecule has 0 saturated heterocycles. The maximum absolute atomic E-state index is 11.1. The molecule has 1 aromatic heterocycles. The standard InChI is InChI=1S/C14H15NO2S/c16-14(17)13(9-5-6-9)15-7-10-8-18-12-4-2-1-3-11(10)12/h1-4,8-9,13,15H,5-7H2,(H,16,17). The fraction of sp³-hybridized carbons (Fsp3) is 0.357. The second-order valence-electron chi connectivity index (χ2n) is 4.79. The maximum atomic E-state index is 11.1. The van der Waals surface area contributed by atoms with E-state index in [0.717, 1.165) is 12.8 Å². The largest absolute Gasteiger partial charge is 0.480 e. The van der Waals surface area contributed by atoms with E-state index >= 15 is 0 Å². The highest BCUT2D eigenvalue weighted by Crippen LogP contribution is 2.33. The summed E-state index contributed by atoms with van der Waals surface area (Å²) in [6.45, 7) is 0.636. The highest BCUT2D eigenvalue weighted by atomic mass is 32.1. The lowest BCUT2D eigenvalue weighted by Crippen LogP contribution is -2.37. The molecule has 18 heavy (non-hydrogen) atoms. The Morgan fingerprint density at radius 1 is 1.44 bits per heavy atom. The van der Waals surface area contributed by atoms with E-state index in [1.807, 2.05) is 12.1 Å². The molecular weight excluding hydrogens is 246 g/mol. The maximum Gasteiger partial charge on any atom is 0.320 e. The highest BCUT2D eigenvalue weighted by Gasteiger charge is 2.35. The van der Waals surface area contributed by atoms with E-state index in [1.54, 1.807) is 11.3 Å². The summed E-state index contributed by atoms with van der Waals surface area (Å²) in [6, 6.07) is 7.85. The van der Waals surface area contributed by atoms with Gasteiger partial charge in [0.2, 0.25) is 0 Å². The molecule has 0 spiro atoms. The quantitative estimate of drug-likeness (QED) is 0.870. The Labute approximate surface area is 109 Å². The van der Waals surface area contributed by atoms with Gasteiger partial charge < -0.3 is 10.4 Å². The van der Waals surface area contributed by atoms with Gasteiger partial charge in [-0.25, -0.2) is 0 Å². The van der Waals surface area contributed by atoms with Gasteiger partial charge in [0.1, 0.15) is 6.04 Å². The van der Waals surface area contributed by atoms with Gasteiger partial charge in [-0.1, -0.05) is 18.2 Å². The van der Waals surface area contributed by atoms with Gasteiger partial charge in [0.15, 0.2) is 0 Å². The van der Waals surface area contributed by atoms with Crippen LogP contribution in [0, 0.1) is 5.92 Å². The molecule has 1 aliphatic rings. The number of benzene rings is 1. The number of hydrogen-bond acceptors (Lipinski definition) is 3. The molecule has 3 nitrogen and oxygen atoms in total. The molecule has 0 aliphatic heterocycles. The van der Waals surface area contributed by atoms with E-state index < -0.39 is 5.97 Å². The fourth-order valence-electron chi connectivity index (χ4n) is 2.27. The molecule has 3 rings (SSSR count). The van der Waals surface area contributed by atoms with Crippen molar-refractivity contribution in [1.29, 1.82) is 0 Å². The summed E-state index contributed by atoms with van der Waals surface area (Å²) in [6.07, 6.45) is 2.07. The molecule has 0 radical (unpaired) electrons. The van der Waals surface area contributed by atoms with Crippen molar-refractivity contribution >= 4 is 27.4 Å². The lowest BCUT2D eigenvalue weighted by atomic mass is 10.1. The third kappa shape index (κ3) is 2.26. The van der Waals surface area contributed by atoms with Crippen LogP contribution in [0.2, 0.25) is 0 Å². The lowest BCUT2D eigenvalue weighted by molar-refractivity contribution is -0.140. The number of carboxylic acids is 1. The zero-order valence-electron chi connectivity index (χ0n) is 9.93. The molecule has 1 saturated carbocycles. The second kappa shape index (κ2) is 4.71. The SMILES string of the molecule is O=C(O)C(NCc1csc2ccccc12)C1CC1. The normalized spacial score (nSPS) is 16.9. The van der Waals surface area contributed by atoms with Crippen LogP contribution in [0.1, 0.15) is 18.4 Å². The molecule has 1 fully saturated rings. The molecule has 4 heteroatoms. The first kappa shape index (κ1) is 11.7. The Balaban J connectivity index is 1.74. The second-order valence-corrected chi connectivity index (χ2v) is 5.70. The van der Waals surface area contributed by atoms with E-state index in [4.69, 9.17) is 5.11 Å². The van der Waals surface area contributed by atoms with E-state index in [2.05, 4.69) is 22.8 Å². The number of aliphatic carboxylic acids is 1. The predicted molar refractivity (Wildman–Crippen MR) is 72.8 cm³/mol. The average molecular weight is 261 g/mol. The minimum atomic E-state index is -0.725. The van der Waals surface area contributed by atoms with E-state index in [1.165, 1.54) is 15.6 Å². The summed E-state index contributed by atoms with van der Waals surface area (Å²) < 4.78 is 1.26. The molecule has 1 aromatic carbocycles. The Kier molecular flexibility index (Phi) is 3.06. The Hall–Kier alpha value is -1.39. The number of rotatable bonds is 5. The smallest absolute Gasteiger partial charge is 0.320 e. The van der Waals surface area contributed by atoms with Crippen LogP contribution in [0.5, 0.6) is 0 Å². The zero-order valence-corrected chi connectivity index (χ0v) is 10.7. The molecule has 1 atom stereocenters. The van der Waals surface area contributed by atoms with Crippen LogP contribution < -0.4 is 5.32 Å². The van der Waals surface area contributed by atoms with Crippen molar-refractivity contribution in [2.24, 2.45) is 5.92 Å². The monoisotopic (exact) mass is 261 g/mol. The molecular formula is C14H15NO2S. The van der Waals surface area contributed by atoms with Crippen LogP contribution in [0.4, 0.5) is 0 Å². The number of fused-ring (bicyclic) bond motifs is 1. The van der Waals surface area contributed by atoms with E-state index in [-0.39, 0.29) is 6.04 Å². The molecule has 1 unspecified atom stereocenters. The summed E-state index contributed by atoms with van der Waals surface area (Å²) >= 11 is 1.71. The first-order valence-electron chi connectivity index (χ1n) is 6.17. The summed E-state index contributed by atoms with van der Waals surface area (Å²) in [4.78, 5) is 11.1. The first-order valence-corrected chi connectivity index (χ1v) is 7.05. The molecule has 1 heterocycles.